The summed E-state index contributed by atoms with van der Waals surface area (Å²) in [6.07, 6.45) is 0. The third-order valence-electron chi connectivity index (χ3n) is 6.37. The van der Waals surface area contributed by atoms with E-state index in [0.29, 0.717) is 19.8 Å². The molecule has 0 saturated heterocycles. The van der Waals surface area contributed by atoms with Crippen molar-refractivity contribution in [1.29, 1.82) is 0 Å². The van der Waals surface area contributed by atoms with E-state index < -0.39 is 13.3 Å². The van der Waals surface area contributed by atoms with Crippen LogP contribution in [0.5, 0.6) is 0 Å². The Labute approximate surface area is 205 Å². The molecule has 0 amide bonds. The fourth-order valence-electron chi connectivity index (χ4n) is 5.09. The van der Waals surface area contributed by atoms with Crippen molar-refractivity contribution in [2.75, 3.05) is 21.3 Å². The molecule has 0 aromatic heterocycles. The Hall–Kier alpha value is -2.70. The van der Waals surface area contributed by atoms with Gasteiger partial charge in [-0.15, -0.1) is 0 Å². The average molecular weight is 513 g/mol. The van der Waals surface area contributed by atoms with Gasteiger partial charge in [-0.1, -0.05) is 0 Å². The van der Waals surface area contributed by atoms with E-state index in [-0.39, 0.29) is 0 Å². The number of methoxy groups -OCH3 is 3. The summed E-state index contributed by atoms with van der Waals surface area (Å²) in [5.74, 6) is 0. The number of ether oxygens (including phenoxy) is 3. The van der Waals surface area contributed by atoms with Gasteiger partial charge >= 0.3 is 206 Å². The van der Waals surface area contributed by atoms with Gasteiger partial charge in [-0.05, 0) is 0 Å². The summed E-state index contributed by atoms with van der Waals surface area (Å²) in [6.45, 7) is 1.69. The van der Waals surface area contributed by atoms with Gasteiger partial charge in [0.05, 0.1) is 0 Å². The molecule has 0 bridgehead atoms. The van der Waals surface area contributed by atoms with Gasteiger partial charge in [0, 0.05) is 0 Å². The average Bonchev–Trinajstić information content (AvgIpc) is 2.88. The van der Waals surface area contributed by atoms with Crippen LogP contribution in [0.4, 0.5) is 0 Å². The zero-order valence-electron chi connectivity index (χ0n) is 20.2. The van der Waals surface area contributed by atoms with Crippen LogP contribution in [0.15, 0.2) is 103 Å². The van der Waals surface area contributed by atoms with E-state index >= 15 is 0 Å². The Morgan fingerprint density at radius 2 is 0.765 bits per heavy atom. The van der Waals surface area contributed by atoms with Crippen molar-refractivity contribution in [3.8, 4) is 0 Å². The molecule has 0 aliphatic rings. The minimum absolute atomic E-state index is 0.564. The van der Waals surface area contributed by atoms with Crippen LogP contribution in [0.1, 0.15) is 16.7 Å². The predicted molar refractivity (Wildman–Crippen MR) is 142 cm³/mol. The van der Waals surface area contributed by atoms with Gasteiger partial charge in [0.15, 0.2) is 0 Å². The fraction of sp³-hybridized carbons (Fsp3) is 0.200. The number of benzene rings is 4. The second kappa shape index (κ2) is 11.6. The molecular formula is C30H32GeO3. The van der Waals surface area contributed by atoms with Crippen LogP contribution < -0.4 is 17.6 Å². The zero-order valence-corrected chi connectivity index (χ0v) is 22.3. The molecule has 4 heteroatoms. The monoisotopic (exact) mass is 514 g/mol. The minimum atomic E-state index is -3.55. The summed E-state index contributed by atoms with van der Waals surface area (Å²) in [5, 5.41) is 0. The molecule has 4 aromatic rings. The van der Waals surface area contributed by atoms with E-state index in [0.717, 1.165) is 0 Å². The van der Waals surface area contributed by atoms with Gasteiger partial charge in [-0.3, -0.25) is 0 Å². The topological polar surface area (TPSA) is 27.7 Å². The van der Waals surface area contributed by atoms with Gasteiger partial charge in [-0.2, -0.15) is 0 Å². The van der Waals surface area contributed by atoms with Crippen molar-refractivity contribution in [1.82, 2.24) is 0 Å². The van der Waals surface area contributed by atoms with Gasteiger partial charge in [0.2, 0.25) is 0 Å². The van der Waals surface area contributed by atoms with Crippen molar-refractivity contribution >= 4 is 30.8 Å². The second-order valence-corrected chi connectivity index (χ2v) is 16.1. The Kier molecular flexibility index (Phi) is 8.35. The predicted octanol–water partition coefficient (Wildman–Crippen LogP) is 3.50. The fourth-order valence-corrected chi connectivity index (χ4v) is 16.5. The first-order valence-corrected chi connectivity index (χ1v) is 15.7. The standard InChI is InChI=1S/C30H32GeO3/c1-32-21-24-13-7-10-18-28(24)31(27-16-5-4-6-17-27,29-19-11-8-14-25(29)22-33-2)30-20-12-9-15-26(30)23-34-3/h4-20H,21-23H2,1-3H3. The van der Waals surface area contributed by atoms with E-state index in [1.807, 2.05) is 0 Å². The van der Waals surface area contributed by atoms with Crippen LogP contribution in [-0.4, -0.2) is 34.6 Å². The number of hydrogen-bond acceptors (Lipinski definition) is 3. The van der Waals surface area contributed by atoms with Crippen LogP contribution in [0, 0.1) is 0 Å². The molecule has 3 nitrogen and oxygen atoms in total. The van der Waals surface area contributed by atoms with E-state index in [4.69, 9.17) is 14.2 Å². The van der Waals surface area contributed by atoms with Crippen molar-refractivity contribution in [2.24, 2.45) is 0 Å². The van der Waals surface area contributed by atoms with Crippen molar-refractivity contribution < 1.29 is 14.2 Å². The van der Waals surface area contributed by atoms with Crippen LogP contribution in [-0.2, 0) is 34.0 Å². The molecule has 0 saturated carbocycles. The summed E-state index contributed by atoms with van der Waals surface area (Å²) in [5.41, 5.74) is 3.69. The molecule has 34 heavy (non-hydrogen) atoms. The molecule has 174 valence electrons. The molecule has 0 aliphatic heterocycles. The SMILES string of the molecule is COCc1cccc[c]1[Ge]([c]1ccccc1)([c]1ccccc1COC)[c]1ccccc1COC. The van der Waals surface area contributed by atoms with E-state index in [9.17, 15) is 0 Å². The molecule has 0 aliphatic carbocycles. The maximum atomic E-state index is 5.71. The van der Waals surface area contributed by atoms with Gasteiger partial charge in [0.25, 0.3) is 0 Å². The summed E-state index contributed by atoms with van der Waals surface area (Å²) < 4.78 is 22.6. The van der Waals surface area contributed by atoms with Crippen LogP contribution >= 0.6 is 0 Å². The molecule has 0 radical (unpaired) electrons. The summed E-state index contributed by atoms with van der Waals surface area (Å²) in [6, 6.07) is 37.4. The van der Waals surface area contributed by atoms with E-state index in [1.54, 1.807) is 21.3 Å². The van der Waals surface area contributed by atoms with Gasteiger partial charge in [0.1, 0.15) is 0 Å². The van der Waals surface area contributed by atoms with Crippen molar-refractivity contribution in [2.45, 2.75) is 19.8 Å². The van der Waals surface area contributed by atoms with E-state index in [2.05, 4.69) is 103 Å². The first kappa shape index (κ1) is 24.4. The van der Waals surface area contributed by atoms with Crippen molar-refractivity contribution in [3.63, 3.8) is 0 Å². The molecule has 0 spiro atoms. The van der Waals surface area contributed by atoms with Crippen molar-refractivity contribution in [3.05, 3.63) is 120 Å². The van der Waals surface area contributed by atoms with Crippen LogP contribution in [0.25, 0.3) is 0 Å². The third-order valence-corrected chi connectivity index (χ3v) is 17.0. The molecule has 4 rings (SSSR count). The normalized spacial score (nSPS) is 11.5. The molecule has 0 unspecified atom stereocenters. The first-order valence-electron chi connectivity index (χ1n) is 11.5. The molecule has 0 N–H and O–H groups in total. The third kappa shape index (κ3) is 4.62. The maximum absolute atomic E-state index is 5.71. The van der Waals surface area contributed by atoms with Crippen LogP contribution in [0.3, 0.4) is 0 Å². The Morgan fingerprint density at radius 3 is 1.12 bits per heavy atom. The Morgan fingerprint density at radius 1 is 0.441 bits per heavy atom. The Bertz CT molecular complexity index is 1090. The molecule has 0 heterocycles. The quantitative estimate of drug-likeness (QED) is 0.304. The first-order chi connectivity index (χ1) is 16.8. The summed E-state index contributed by atoms with van der Waals surface area (Å²) in [4.78, 5) is 0. The van der Waals surface area contributed by atoms with Crippen LogP contribution in [0.2, 0.25) is 0 Å². The van der Waals surface area contributed by atoms with Gasteiger partial charge in [-0.25, -0.2) is 0 Å². The molecule has 0 atom stereocenters. The molecular weight excluding hydrogens is 481 g/mol. The molecule has 0 fully saturated rings. The Balaban J connectivity index is 2.22. The van der Waals surface area contributed by atoms with E-state index in [1.165, 1.54) is 34.3 Å². The summed E-state index contributed by atoms with van der Waals surface area (Å²) >= 11 is -3.55. The number of hydrogen-bond donors (Lipinski definition) is 0. The number of rotatable bonds is 10. The second-order valence-electron chi connectivity index (χ2n) is 8.39. The zero-order chi connectivity index (χ0) is 23.8. The van der Waals surface area contributed by atoms with Gasteiger partial charge < -0.3 is 0 Å². The summed E-state index contributed by atoms with van der Waals surface area (Å²) in [7, 11) is 5.31. The molecule has 4 aromatic carbocycles.